The molecule has 20 heavy (non-hydrogen) atoms. The van der Waals surface area contributed by atoms with Crippen LogP contribution in [0.1, 0.15) is 5.56 Å². The standard InChI is InChI=1S/C14H13BrO4S/c1-20(16,17)19-14-9-12(15)7-8-13(14)18-10-11-5-3-2-4-6-11/h2-9H,10H2,1H3. The molecule has 0 bridgehead atoms. The fourth-order valence-corrected chi connectivity index (χ4v) is 2.36. The van der Waals surface area contributed by atoms with Crippen molar-refractivity contribution < 1.29 is 17.3 Å². The van der Waals surface area contributed by atoms with Crippen molar-refractivity contribution in [1.82, 2.24) is 0 Å². The van der Waals surface area contributed by atoms with Gasteiger partial charge in [-0.25, -0.2) is 0 Å². The second kappa shape index (κ2) is 6.28. The van der Waals surface area contributed by atoms with Crippen LogP contribution in [0.5, 0.6) is 11.5 Å². The number of hydrogen-bond acceptors (Lipinski definition) is 4. The minimum absolute atomic E-state index is 0.165. The van der Waals surface area contributed by atoms with Crippen molar-refractivity contribution in [2.75, 3.05) is 6.26 Å². The van der Waals surface area contributed by atoms with Gasteiger partial charge in [0.1, 0.15) is 6.61 Å². The second-order valence-corrected chi connectivity index (χ2v) is 6.64. The first-order valence-corrected chi connectivity index (χ1v) is 8.41. The maximum atomic E-state index is 11.2. The molecule has 0 spiro atoms. The quantitative estimate of drug-likeness (QED) is 0.770. The smallest absolute Gasteiger partial charge is 0.306 e. The van der Waals surface area contributed by atoms with Gasteiger partial charge < -0.3 is 8.92 Å². The summed E-state index contributed by atoms with van der Waals surface area (Å²) in [7, 11) is -3.60. The number of rotatable bonds is 5. The van der Waals surface area contributed by atoms with E-state index in [0.29, 0.717) is 16.8 Å². The lowest BCUT2D eigenvalue weighted by Gasteiger charge is -2.11. The van der Waals surface area contributed by atoms with Gasteiger partial charge in [0.2, 0.25) is 0 Å². The van der Waals surface area contributed by atoms with Crippen LogP contribution in [0.15, 0.2) is 53.0 Å². The molecular weight excluding hydrogens is 344 g/mol. The molecule has 0 unspecified atom stereocenters. The summed E-state index contributed by atoms with van der Waals surface area (Å²) in [5.74, 6) is 0.542. The largest absolute Gasteiger partial charge is 0.485 e. The van der Waals surface area contributed by atoms with Crippen LogP contribution in [-0.4, -0.2) is 14.7 Å². The molecule has 2 aromatic rings. The first kappa shape index (κ1) is 14.9. The van der Waals surface area contributed by atoms with E-state index in [1.807, 2.05) is 30.3 Å². The Kier molecular flexibility index (Phi) is 4.67. The van der Waals surface area contributed by atoms with Crippen LogP contribution < -0.4 is 8.92 Å². The van der Waals surface area contributed by atoms with E-state index in [-0.39, 0.29) is 5.75 Å². The van der Waals surface area contributed by atoms with Gasteiger partial charge in [-0.2, -0.15) is 8.42 Å². The molecule has 4 nitrogen and oxygen atoms in total. The molecule has 0 radical (unpaired) electrons. The molecule has 2 aromatic carbocycles. The van der Waals surface area contributed by atoms with E-state index in [2.05, 4.69) is 15.9 Å². The molecule has 0 atom stereocenters. The monoisotopic (exact) mass is 356 g/mol. The Hall–Kier alpha value is -1.53. The average Bonchev–Trinajstić information content (AvgIpc) is 2.37. The van der Waals surface area contributed by atoms with Crippen molar-refractivity contribution in [3.63, 3.8) is 0 Å². The van der Waals surface area contributed by atoms with Gasteiger partial charge in [0.05, 0.1) is 6.26 Å². The molecule has 2 rings (SSSR count). The van der Waals surface area contributed by atoms with Crippen molar-refractivity contribution in [1.29, 1.82) is 0 Å². The molecule has 0 saturated heterocycles. The Morgan fingerprint density at radius 1 is 1.05 bits per heavy atom. The van der Waals surface area contributed by atoms with Crippen LogP contribution in [0.2, 0.25) is 0 Å². The molecule has 0 amide bonds. The Balaban J connectivity index is 2.18. The molecule has 0 aliphatic heterocycles. The van der Waals surface area contributed by atoms with Gasteiger partial charge in [-0.1, -0.05) is 46.3 Å². The summed E-state index contributed by atoms with van der Waals surface area (Å²) >= 11 is 3.27. The van der Waals surface area contributed by atoms with E-state index in [1.165, 1.54) is 0 Å². The van der Waals surface area contributed by atoms with E-state index in [1.54, 1.807) is 18.2 Å². The summed E-state index contributed by atoms with van der Waals surface area (Å²) in [6, 6.07) is 14.6. The molecule has 0 saturated carbocycles. The molecular formula is C14H13BrO4S. The van der Waals surface area contributed by atoms with Crippen molar-refractivity contribution in [3.05, 3.63) is 58.6 Å². The summed E-state index contributed by atoms with van der Waals surface area (Å²) in [5.41, 5.74) is 0.987. The fourth-order valence-electron chi connectivity index (χ4n) is 1.56. The van der Waals surface area contributed by atoms with Gasteiger partial charge in [-0.05, 0) is 23.8 Å². The number of hydrogen-bond donors (Lipinski definition) is 0. The predicted molar refractivity (Wildman–Crippen MR) is 80.4 cm³/mol. The van der Waals surface area contributed by atoms with Gasteiger partial charge in [0.15, 0.2) is 11.5 Å². The topological polar surface area (TPSA) is 52.6 Å². The minimum atomic E-state index is -3.60. The third-order valence-electron chi connectivity index (χ3n) is 2.38. The summed E-state index contributed by atoms with van der Waals surface area (Å²) in [5, 5.41) is 0. The fraction of sp³-hybridized carbons (Fsp3) is 0.143. The molecule has 6 heteroatoms. The maximum absolute atomic E-state index is 11.2. The molecule has 0 aliphatic rings. The van der Waals surface area contributed by atoms with Crippen LogP contribution in [0.3, 0.4) is 0 Å². The first-order chi connectivity index (χ1) is 9.44. The second-order valence-electron chi connectivity index (χ2n) is 4.15. The van der Waals surface area contributed by atoms with Crippen molar-refractivity contribution in [2.24, 2.45) is 0 Å². The molecule has 106 valence electrons. The Morgan fingerprint density at radius 3 is 2.40 bits per heavy atom. The first-order valence-electron chi connectivity index (χ1n) is 5.80. The van der Waals surface area contributed by atoms with Gasteiger partial charge in [-0.15, -0.1) is 0 Å². The highest BCUT2D eigenvalue weighted by Crippen LogP contribution is 2.32. The van der Waals surface area contributed by atoms with E-state index in [9.17, 15) is 8.42 Å². The Bertz CT molecular complexity index is 684. The summed E-state index contributed by atoms with van der Waals surface area (Å²) < 4.78 is 33.7. The maximum Gasteiger partial charge on any atom is 0.306 e. The highest BCUT2D eigenvalue weighted by atomic mass is 79.9. The summed E-state index contributed by atoms with van der Waals surface area (Å²) in [6.45, 7) is 0.336. The lowest BCUT2D eigenvalue weighted by molar-refractivity contribution is 0.296. The molecule has 0 fully saturated rings. The van der Waals surface area contributed by atoms with Crippen LogP contribution >= 0.6 is 15.9 Å². The van der Waals surface area contributed by atoms with Gasteiger partial charge in [0.25, 0.3) is 0 Å². The van der Waals surface area contributed by atoms with Crippen LogP contribution in [0, 0.1) is 0 Å². The number of halogens is 1. The lowest BCUT2D eigenvalue weighted by atomic mass is 10.2. The normalized spacial score (nSPS) is 11.1. The zero-order valence-electron chi connectivity index (χ0n) is 10.7. The number of ether oxygens (including phenoxy) is 1. The summed E-state index contributed by atoms with van der Waals surface area (Å²) in [6.07, 6.45) is 0.995. The van der Waals surface area contributed by atoms with Crippen molar-refractivity contribution in [2.45, 2.75) is 6.61 Å². The molecule has 0 heterocycles. The minimum Gasteiger partial charge on any atom is -0.485 e. The van der Waals surface area contributed by atoms with Crippen molar-refractivity contribution in [3.8, 4) is 11.5 Å². The average molecular weight is 357 g/mol. The third-order valence-corrected chi connectivity index (χ3v) is 3.36. The Labute approximate surface area is 126 Å². The zero-order chi connectivity index (χ0) is 14.6. The molecule has 0 N–H and O–H groups in total. The lowest BCUT2D eigenvalue weighted by Crippen LogP contribution is -2.07. The third kappa shape index (κ3) is 4.54. The highest BCUT2D eigenvalue weighted by molar-refractivity contribution is 9.10. The van der Waals surface area contributed by atoms with Crippen LogP contribution in [0.4, 0.5) is 0 Å². The van der Waals surface area contributed by atoms with E-state index >= 15 is 0 Å². The van der Waals surface area contributed by atoms with E-state index < -0.39 is 10.1 Å². The van der Waals surface area contributed by atoms with Crippen molar-refractivity contribution >= 4 is 26.0 Å². The van der Waals surface area contributed by atoms with E-state index in [4.69, 9.17) is 8.92 Å². The highest BCUT2D eigenvalue weighted by Gasteiger charge is 2.12. The van der Waals surface area contributed by atoms with Crippen LogP contribution in [0.25, 0.3) is 0 Å². The van der Waals surface area contributed by atoms with Gasteiger partial charge in [0, 0.05) is 4.47 Å². The van der Waals surface area contributed by atoms with Gasteiger partial charge >= 0.3 is 10.1 Å². The predicted octanol–water partition coefficient (Wildman–Crippen LogP) is 3.37. The summed E-state index contributed by atoms with van der Waals surface area (Å²) in [4.78, 5) is 0. The molecule has 0 aromatic heterocycles. The molecule has 0 aliphatic carbocycles. The Morgan fingerprint density at radius 2 is 1.75 bits per heavy atom. The zero-order valence-corrected chi connectivity index (χ0v) is 13.1. The van der Waals surface area contributed by atoms with Crippen LogP contribution in [-0.2, 0) is 16.7 Å². The van der Waals surface area contributed by atoms with E-state index in [0.717, 1.165) is 11.8 Å². The number of benzene rings is 2. The SMILES string of the molecule is CS(=O)(=O)Oc1cc(Br)ccc1OCc1ccccc1. The van der Waals surface area contributed by atoms with Gasteiger partial charge in [-0.3, -0.25) is 0 Å².